The molecule has 1 fully saturated rings. The highest BCUT2D eigenvalue weighted by atomic mass is 16.6. The predicted molar refractivity (Wildman–Crippen MR) is 146 cm³/mol. The molecule has 0 saturated carbocycles. The van der Waals surface area contributed by atoms with E-state index in [2.05, 4.69) is 43.0 Å². The van der Waals surface area contributed by atoms with Gasteiger partial charge in [0.2, 0.25) is 11.9 Å². The molecule has 0 atom stereocenters. The highest BCUT2D eigenvalue weighted by Crippen LogP contribution is 2.25. The summed E-state index contributed by atoms with van der Waals surface area (Å²) in [6.07, 6.45) is 2.89. The summed E-state index contributed by atoms with van der Waals surface area (Å²) in [6, 6.07) is 17.5. The van der Waals surface area contributed by atoms with Crippen LogP contribution in [-0.4, -0.2) is 46.7 Å². The van der Waals surface area contributed by atoms with E-state index < -0.39 is 0 Å². The summed E-state index contributed by atoms with van der Waals surface area (Å²) >= 11 is 0. The molecule has 9 heteroatoms. The number of anilines is 4. The Labute approximate surface area is 217 Å². The van der Waals surface area contributed by atoms with Gasteiger partial charge in [-0.2, -0.15) is 0 Å². The van der Waals surface area contributed by atoms with Gasteiger partial charge in [-0.25, -0.2) is 14.8 Å². The molecule has 0 aliphatic carbocycles. The van der Waals surface area contributed by atoms with Gasteiger partial charge in [0.25, 0.3) is 0 Å². The molecular formula is C28H34N6O3. The van der Waals surface area contributed by atoms with Gasteiger partial charge in [0.05, 0.1) is 5.69 Å². The largest absolute Gasteiger partial charge is 0.446 e. The molecule has 3 aromatic rings. The normalized spacial score (nSPS) is 14.1. The van der Waals surface area contributed by atoms with Crippen molar-refractivity contribution in [3.05, 3.63) is 60.8 Å². The molecule has 2 amide bonds. The van der Waals surface area contributed by atoms with Crippen LogP contribution in [0.2, 0.25) is 0 Å². The van der Waals surface area contributed by atoms with E-state index in [-0.39, 0.29) is 23.6 Å². The summed E-state index contributed by atoms with van der Waals surface area (Å²) in [6.45, 7) is 8.95. The number of nitrogens with one attached hydrogen (secondary N) is 3. The molecule has 9 nitrogen and oxygen atoms in total. The van der Waals surface area contributed by atoms with E-state index in [0.717, 1.165) is 54.3 Å². The number of hydrogen-bond acceptors (Lipinski definition) is 7. The predicted octanol–water partition coefficient (Wildman–Crippen LogP) is 5.34. The molecule has 0 bridgehead atoms. The van der Waals surface area contributed by atoms with E-state index >= 15 is 0 Å². The molecule has 1 aliphatic heterocycles. The molecule has 0 radical (unpaired) electrons. The van der Waals surface area contributed by atoms with Crippen molar-refractivity contribution in [3.63, 3.8) is 0 Å². The first-order chi connectivity index (χ1) is 17.6. The van der Waals surface area contributed by atoms with E-state index in [9.17, 15) is 9.59 Å². The van der Waals surface area contributed by atoms with Crippen LogP contribution in [0, 0.1) is 0 Å². The Bertz CT molecular complexity index is 1210. The topological polar surface area (TPSA) is 108 Å². The van der Waals surface area contributed by atoms with E-state index in [1.165, 1.54) is 6.92 Å². The van der Waals surface area contributed by atoms with Crippen molar-refractivity contribution in [2.24, 2.45) is 0 Å². The summed E-state index contributed by atoms with van der Waals surface area (Å²) in [5.74, 6) is 0.397. The zero-order valence-corrected chi connectivity index (χ0v) is 21.7. The quantitative estimate of drug-likeness (QED) is 0.418. The monoisotopic (exact) mass is 502 g/mol. The third-order valence-corrected chi connectivity index (χ3v) is 5.84. The van der Waals surface area contributed by atoms with Crippen LogP contribution in [0.15, 0.2) is 60.8 Å². The smallest absolute Gasteiger partial charge is 0.407 e. The number of nitrogens with zero attached hydrogens (tertiary/aromatic N) is 3. The van der Waals surface area contributed by atoms with Crippen LogP contribution in [0.1, 0.15) is 40.5 Å². The maximum Gasteiger partial charge on any atom is 0.407 e. The second-order valence-electron chi connectivity index (χ2n) is 10.2. The number of alkyl carbamates (subject to hydrolysis) is 1. The SMILES string of the molecule is CC(=O)Nc1ccc(-c2ccnc(Nc3ccc(N4CCC(OC(=O)NC(C)(C)C)CC4)cc3)n2)cc1. The Morgan fingerprint density at radius 3 is 2.22 bits per heavy atom. The van der Waals surface area contributed by atoms with Gasteiger partial charge in [-0.05, 0) is 63.2 Å². The molecule has 1 saturated heterocycles. The Morgan fingerprint density at radius 2 is 1.59 bits per heavy atom. The minimum absolute atomic E-state index is 0.0643. The van der Waals surface area contributed by atoms with Gasteiger partial charge in [-0.15, -0.1) is 0 Å². The van der Waals surface area contributed by atoms with E-state index in [4.69, 9.17) is 4.74 Å². The summed E-state index contributed by atoms with van der Waals surface area (Å²) in [5.41, 5.74) is 4.16. The maximum atomic E-state index is 12.0. The lowest BCUT2D eigenvalue weighted by Crippen LogP contribution is -2.44. The van der Waals surface area contributed by atoms with Gasteiger partial charge >= 0.3 is 6.09 Å². The molecule has 3 N–H and O–H groups in total. The third kappa shape index (κ3) is 7.67. The first-order valence-electron chi connectivity index (χ1n) is 12.5. The Morgan fingerprint density at radius 1 is 0.946 bits per heavy atom. The van der Waals surface area contributed by atoms with Crippen LogP contribution in [0.3, 0.4) is 0 Å². The lowest BCUT2D eigenvalue weighted by molar-refractivity contribution is -0.114. The van der Waals surface area contributed by atoms with Crippen molar-refractivity contribution >= 4 is 35.0 Å². The Kier molecular flexibility index (Phi) is 7.91. The van der Waals surface area contributed by atoms with Gasteiger partial charge in [-0.1, -0.05) is 12.1 Å². The molecule has 194 valence electrons. The average molecular weight is 503 g/mol. The molecule has 2 heterocycles. The first-order valence-corrected chi connectivity index (χ1v) is 12.5. The Balaban J connectivity index is 1.31. The molecule has 0 spiro atoms. The van der Waals surface area contributed by atoms with Gasteiger partial charge in [0.1, 0.15) is 6.10 Å². The van der Waals surface area contributed by atoms with Gasteiger partial charge in [-0.3, -0.25) is 4.79 Å². The van der Waals surface area contributed by atoms with Crippen LogP contribution in [0.25, 0.3) is 11.3 Å². The minimum Gasteiger partial charge on any atom is -0.446 e. The lowest BCUT2D eigenvalue weighted by Gasteiger charge is -2.34. The Hall–Kier alpha value is -4.14. The number of amides is 2. The molecular weight excluding hydrogens is 468 g/mol. The minimum atomic E-state index is -0.352. The second-order valence-corrected chi connectivity index (χ2v) is 10.2. The summed E-state index contributed by atoms with van der Waals surface area (Å²) < 4.78 is 5.58. The highest BCUT2D eigenvalue weighted by Gasteiger charge is 2.24. The third-order valence-electron chi connectivity index (χ3n) is 5.84. The van der Waals surface area contributed by atoms with Crippen LogP contribution >= 0.6 is 0 Å². The van der Waals surface area contributed by atoms with Crippen LogP contribution < -0.4 is 20.9 Å². The standard InChI is InChI=1S/C28H34N6O3/c1-19(35)30-21-7-5-20(6-8-21)25-13-16-29-26(32-25)31-22-9-11-23(12-10-22)34-17-14-24(15-18-34)37-27(36)33-28(2,3)4/h5-13,16,24H,14-15,17-18H2,1-4H3,(H,30,35)(H,33,36)(H,29,31,32). The lowest BCUT2D eigenvalue weighted by atomic mass is 10.1. The number of carbonyl (C=O) groups excluding carboxylic acids is 2. The van der Waals surface area contributed by atoms with Crippen molar-refractivity contribution in [1.82, 2.24) is 15.3 Å². The molecule has 1 aromatic heterocycles. The fourth-order valence-electron chi connectivity index (χ4n) is 4.11. The fourth-order valence-corrected chi connectivity index (χ4v) is 4.11. The van der Waals surface area contributed by atoms with E-state index in [1.807, 2.05) is 63.2 Å². The van der Waals surface area contributed by atoms with E-state index in [0.29, 0.717) is 5.95 Å². The molecule has 1 aliphatic rings. The number of benzene rings is 2. The molecule has 37 heavy (non-hydrogen) atoms. The van der Waals surface area contributed by atoms with Crippen molar-refractivity contribution < 1.29 is 14.3 Å². The van der Waals surface area contributed by atoms with Crippen molar-refractivity contribution in [2.45, 2.75) is 52.2 Å². The molecule has 0 unspecified atom stereocenters. The van der Waals surface area contributed by atoms with Gasteiger partial charge < -0.3 is 25.6 Å². The number of rotatable bonds is 6. The molecule has 4 rings (SSSR count). The highest BCUT2D eigenvalue weighted by molar-refractivity contribution is 5.88. The number of aromatic nitrogens is 2. The number of hydrogen-bond donors (Lipinski definition) is 3. The van der Waals surface area contributed by atoms with Gasteiger partial charge in [0, 0.05) is 67.2 Å². The average Bonchev–Trinajstić information content (AvgIpc) is 2.84. The first kappa shape index (κ1) is 25.9. The second kappa shape index (κ2) is 11.3. The fraction of sp³-hybridized carbons (Fsp3) is 0.357. The van der Waals surface area contributed by atoms with Crippen LogP contribution in [-0.2, 0) is 9.53 Å². The van der Waals surface area contributed by atoms with Gasteiger partial charge in [0.15, 0.2) is 0 Å². The zero-order valence-electron chi connectivity index (χ0n) is 21.7. The maximum absolute atomic E-state index is 12.0. The van der Waals surface area contributed by atoms with Crippen LogP contribution in [0.5, 0.6) is 0 Å². The number of piperidine rings is 1. The number of carbonyl (C=O) groups is 2. The van der Waals surface area contributed by atoms with Crippen molar-refractivity contribution in [2.75, 3.05) is 28.6 Å². The summed E-state index contributed by atoms with van der Waals surface area (Å²) in [5, 5.41) is 8.88. The summed E-state index contributed by atoms with van der Waals surface area (Å²) in [4.78, 5) is 34.5. The van der Waals surface area contributed by atoms with Crippen LogP contribution in [0.4, 0.5) is 27.8 Å². The van der Waals surface area contributed by atoms with E-state index in [1.54, 1.807) is 6.20 Å². The molecule has 2 aromatic carbocycles. The van der Waals surface area contributed by atoms with Crippen molar-refractivity contribution in [3.8, 4) is 11.3 Å². The van der Waals surface area contributed by atoms with Crippen molar-refractivity contribution in [1.29, 1.82) is 0 Å². The number of ether oxygens (including phenoxy) is 1. The zero-order chi connectivity index (χ0) is 26.4. The summed E-state index contributed by atoms with van der Waals surface area (Å²) in [7, 11) is 0.